The van der Waals surface area contributed by atoms with Crippen molar-refractivity contribution in [1.29, 1.82) is 5.41 Å². The second kappa shape index (κ2) is 5.75. The van der Waals surface area contributed by atoms with Crippen molar-refractivity contribution in [3.8, 4) is 0 Å². The number of thioether (sulfide) groups is 1. The average Bonchev–Trinajstić information content (AvgIpc) is 2.61. The summed E-state index contributed by atoms with van der Waals surface area (Å²) in [4.78, 5) is 23.3. The molecule has 1 unspecified atom stereocenters. The third-order valence-electron chi connectivity index (χ3n) is 2.56. The summed E-state index contributed by atoms with van der Waals surface area (Å²) >= 11 is 4.45. The Labute approximate surface area is 123 Å². The maximum absolute atomic E-state index is 11.9. The highest BCUT2D eigenvalue weighted by atomic mass is 79.9. The van der Waals surface area contributed by atoms with Crippen molar-refractivity contribution in [1.82, 2.24) is 5.32 Å². The largest absolute Gasteiger partial charge is 0.325 e. The van der Waals surface area contributed by atoms with Gasteiger partial charge in [-0.15, -0.1) is 0 Å². The highest BCUT2D eigenvalue weighted by molar-refractivity contribution is 9.10. The van der Waals surface area contributed by atoms with Gasteiger partial charge in [0.25, 0.3) is 0 Å². The van der Waals surface area contributed by atoms with E-state index in [1.165, 1.54) is 0 Å². The number of amides is 2. The molecule has 1 saturated heterocycles. The van der Waals surface area contributed by atoms with Crippen molar-refractivity contribution in [3.05, 3.63) is 28.2 Å². The Hall–Kier alpha value is -1.34. The number of carbonyl (C=O) groups is 2. The first-order chi connectivity index (χ1) is 8.95. The second-order valence-corrected chi connectivity index (χ2v) is 6.23. The van der Waals surface area contributed by atoms with Crippen LogP contribution in [0.4, 0.5) is 5.69 Å². The van der Waals surface area contributed by atoms with Gasteiger partial charge >= 0.3 is 0 Å². The lowest BCUT2D eigenvalue weighted by Gasteiger charge is -2.09. The maximum atomic E-state index is 11.9. The van der Waals surface area contributed by atoms with Crippen LogP contribution >= 0.6 is 27.7 Å². The predicted molar refractivity (Wildman–Crippen MR) is 79.4 cm³/mol. The van der Waals surface area contributed by atoms with E-state index in [-0.39, 0.29) is 23.4 Å². The summed E-state index contributed by atoms with van der Waals surface area (Å²) in [5, 5.41) is 12.0. The Bertz CT molecular complexity index is 562. The highest BCUT2D eigenvalue weighted by Gasteiger charge is 2.31. The van der Waals surface area contributed by atoms with Crippen LogP contribution in [0.25, 0.3) is 0 Å². The summed E-state index contributed by atoms with van der Waals surface area (Å²) in [5.74, 6) is -0.528. The van der Waals surface area contributed by atoms with Crippen LogP contribution in [0.2, 0.25) is 0 Å². The fraction of sp³-hybridized carbons (Fsp3) is 0.250. The molecule has 2 rings (SSSR count). The van der Waals surface area contributed by atoms with Crippen molar-refractivity contribution in [2.45, 2.75) is 18.6 Å². The van der Waals surface area contributed by atoms with Crippen LogP contribution in [0.1, 0.15) is 12.0 Å². The molecule has 1 heterocycles. The van der Waals surface area contributed by atoms with Crippen molar-refractivity contribution >= 4 is 50.4 Å². The summed E-state index contributed by atoms with van der Waals surface area (Å²) in [7, 11) is 0. The standard InChI is InChI=1S/C12H12BrN3O2S/c1-6-2-3-8(7(13)4-6)15-10(17)5-9-11(18)16-12(14)19-9/h2-4,9H,5H2,1H3,(H,15,17)(H2,14,16,18). The lowest BCUT2D eigenvalue weighted by Crippen LogP contribution is -2.27. The molecule has 0 saturated carbocycles. The molecule has 7 heteroatoms. The molecule has 19 heavy (non-hydrogen) atoms. The van der Waals surface area contributed by atoms with Gasteiger partial charge in [-0.05, 0) is 40.5 Å². The Morgan fingerprint density at radius 2 is 2.32 bits per heavy atom. The lowest BCUT2D eigenvalue weighted by atomic mass is 10.2. The SMILES string of the molecule is Cc1ccc(NC(=O)CC2SC(=N)NC2=O)c(Br)c1. The van der Waals surface area contributed by atoms with E-state index in [1.807, 2.05) is 19.1 Å². The van der Waals surface area contributed by atoms with E-state index in [9.17, 15) is 9.59 Å². The van der Waals surface area contributed by atoms with Crippen LogP contribution in [0, 0.1) is 12.3 Å². The van der Waals surface area contributed by atoms with Crippen LogP contribution in [0.5, 0.6) is 0 Å². The summed E-state index contributed by atoms with van der Waals surface area (Å²) in [6.07, 6.45) is 0.0548. The number of rotatable bonds is 3. The number of hydrogen-bond acceptors (Lipinski definition) is 4. The quantitative estimate of drug-likeness (QED) is 0.788. The Kier molecular flexibility index (Phi) is 4.26. The molecule has 0 aromatic heterocycles. The smallest absolute Gasteiger partial charge is 0.240 e. The molecule has 0 bridgehead atoms. The number of hydrogen-bond donors (Lipinski definition) is 3. The van der Waals surface area contributed by atoms with E-state index < -0.39 is 5.25 Å². The molecule has 1 aromatic rings. The van der Waals surface area contributed by atoms with Gasteiger partial charge in [-0.2, -0.15) is 0 Å². The van der Waals surface area contributed by atoms with E-state index in [0.717, 1.165) is 21.8 Å². The van der Waals surface area contributed by atoms with Crippen LogP contribution in [-0.4, -0.2) is 22.2 Å². The molecule has 1 aliphatic rings. The first-order valence-corrected chi connectivity index (χ1v) is 7.25. The van der Waals surface area contributed by atoms with E-state index >= 15 is 0 Å². The molecule has 1 aliphatic heterocycles. The third-order valence-corrected chi connectivity index (χ3v) is 4.22. The molecule has 1 atom stereocenters. The summed E-state index contributed by atoms with van der Waals surface area (Å²) in [5.41, 5.74) is 1.76. The van der Waals surface area contributed by atoms with Gasteiger partial charge in [-0.25, -0.2) is 0 Å². The zero-order valence-corrected chi connectivity index (χ0v) is 12.5. The predicted octanol–water partition coefficient (Wildman–Crippen LogP) is 2.25. The minimum atomic E-state index is -0.517. The molecule has 3 N–H and O–H groups in total. The zero-order valence-electron chi connectivity index (χ0n) is 10.1. The molecule has 0 aliphatic carbocycles. The Balaban J connectivity index is 1.98. The molecule has 5 nitrogen and oxygen atoms in total. The van der Waals surface area contributed by atoms with Gasteiger partial charge in [0.2, 0.25) is 11.8 Å². The molecule has 0 radical (unpaired) electrons. The normalized spacial score (nSPS) is 18.3. The fourth-order valence-corrected chi connectivity index (χ4v) is 3.08. The zero-order chi connectivity index (χ0) is 14.0. The van der Waals surface area contributed by atoms with E-state index in [1.54, 1.807) is 6.07 Å². The van der Waals surface area contributed by atoms with Gasteiger partial charge in [0.15, 0.2) is 5.17 Å². The van der Waals surface area contributed by atoms with Crippen molar-refractivity contribution < 1.29 is 9.59 Å². The summed E-state index contributed by atoms with van der Waals surface area (Å²) < 4.78 is 0.803. The minimum Gasteiger partial charge on any atom is -0.325 e. The van der Waals surface area contributed by atoms with Crippen LogP contribution < -0.4 is 10.6 Å². The topological polar surface area (TPSA) is 82.1 Å². The van der Waals surface area contributed by atoms with Gasteiger partial charge in [-0.1, -0.05) is 17.8 Å². The van der Waals surface area contributed by atoms with Crippen LogP contribution in [-0.2, 0) is 9.59 Å². The monoisotopic (exact) mass is 341 g/mol. The summed E-state index contributed by atoms with van der Waals surface area (Å²) in [6, 6.07) is 5.61. The van der Waals surface area contributed by atoms with Gasteiger partial charge in [-0.3, -0.25) is 15.0 Å². The number of aryl methyl sites for hydroxylation is 1. The average molecular weight is 342 g/mol. The van der Waals surface area contributed by atoms with E-state index in [4.69, 9.17) is 5.41 Å². The van der Waals surface area contributed by atoms with E-state index in [0.29, 0.717) is 5.69 Å². The molecular weight excluding hydrogens is 330 g/mol. The number of anilines is 1. The lowest BCUT2D eigenvalue weighted by molar-refractivity contribution is -0.122. The van der Waals surface area contributed by atoms with Gasteiger partial charge in [0.1, 0.15) is 5.25 Å². The third kappa shape index (κ3) is 3.57. The number of halogens is 1. The van der Waals surface area contributed by atoms with Crippen molar-refractivity contribution in [3.63, 3.8) is 0 Å². The molecule has 1 fully saturated rings. The van der Waals surface area contributed by atoms with Gasteiger partial charge in [0.05, 0.1) is 5.69 Å². The minimum absolute atomic E-state index is 0.0548. The molecule has 100 valence electrons. The number of amidine groups is 1. The first kappa shape index (κ1) is 14.1. The van der Waals surface area contributed by atoms with Crippen molar-refractivity contribution in [2.24, 2.45) is 0 Å². The summed E-state index contributed by atoms with van der Waals surface area (Å²) in [6.45, 7) is 1.96. The van der Waals surface area contributed by atoms with Gasteiger partial charge < -0.3 is 10.6 Å². The van der Waals surface area contributed by atoms with Crippen LogP contribution in [0.15, 0.2) is 22.7 Å². The number of carbonyl (C=O) groups excluding carboxylic acids is 2. The van der Waals surface area contributed by atoms with Crippen LogP contribution in [0.3, 0.4) is 0 Å². The number of benzene rings is 1. The number of nitrogens with one attached hydrogen (secondary N) is 3. The first-order valence-electron chi connectivity index (χ1n) is 5.58. The molecule has 2 amide bonds. The maximum Gasteiger partial charge on any atom is 0.240 e. The Morgan fingerprint density at radius 3 is 2.89 bits per heavy atom. The fourth-order valence-electron chi connectivity index (χ4n) is 1.64. The molecule has 1 aromatic carbocycles. The van der Waals surface area contributed by atoms with Gasteiger partial charge in [0, 0.05) is 10.9 Å². The van der Waals surface area contributed by atoms with E-state index in [2.05, 4.69) is 26.6 Å². The molecule has 0 spiro atoms. The van der Waals surface area contributed by atoms with Crippen molar-refractivity contribution in [2.75, 3.05) is 5.32 Å². The highest BCUT2D eigenvalue weighted by Crippen LogP contribution is 2.25. The Morgan fingerprint density at radius 1 is 1.58 bits per heavy atom. The molecular formula is C12H12BrN3O2S. The second-order valence-electron chi connectivity index (χ2n) is 4.16.